The van der Waals surface area contributed by atoms with E-state index in [2.05, 4.69) is 211 Å². The Labute approximate surface area is 358 Å². The number of rotatable bonds is 6. The van der Waals surface area contributed by atoms with Crippen LogP contribution in [0.5, 0.6) is 0 Å². The molecule has 2 nitrogen and oxygen atoms in total. The van der Waals surface area contributed by atoms with Crippen molar-refractivity contribution in [3.8, 4) is 55.9 Å². The van der Waals surface area contributed by atoms with E-state index in [1.165, 1.54) is 33.4 Å². The summed E-state index contributed by atoms with van der Waals surface area (Å²) in [4.78, 5) is 10.1. The van der Waals surface area contributed by atoms with Gasteiger partial charge in [-0.3, -0.25) is 0 Å². The average Bonchev–Trinajstić information content (AvgIpc) is 3.54. The van der Waals surface area contributed by atoms with Crippen LogP contribution in [0.25, 0.3) is 55.9 Å². The molecule has 0 bridgehead atoms. The first-order chi connectivity index (χ1) is 27.5. The van der Waals surface area contributed by atoms with E-state index in [0.29, 0.717) is 0 Å². The second-order valence-corrected chi connectivity index (χ2v) is 17.3. The van der Waals surface area contributed by atoms with Gasteiger partial charge < -0.3 is 9.97 Å². The third-order valence-electron chi connectivity index (χ3n) is 11.6. The molecule has 0 atom stereocenters. The van der Waals surface area contributed by atoms with Crippen LogP contribution in [0.3, 0.4) is 0 Å². The van der Waals surface area contributed by atoms with Gasteiger partial charge in [-0.05, 0) is 67.7 Å². The van der Waals surface area contributed by atoms with Crippen molar-refractivity contribution >= 4 is 0 Å². The van der Waals surface area contributed by atoms with Crippen molar-refractivity contribution in [2.24, 2.45) is 0 Å². The first kappa shape index (κ1) is 39.1. The van der Waals surface area contributed by atoms with E-state index in [9.17, 15) is 0 Å². The Morgan fingerprint density at radius 2 is 0.793 bits per heavy atom. The van der Waals surface area contributed by atoms with E-state index in [1.807, 2.05) is 12.4 Å². The molecule has 1 aliphatic carbocycles. The van der Waals surface area contributed by atoms with Crippen LogP contribution < -0.4 is 0 Å². The topological polar surface area (TPSA) is 25.8 Å². The standard InChI is InChI=1S/C55H46N2.Pt/c1-53(2,3)39-29-31-56-51(35-39)47-33-41(25-27-43(47)37-17-9-7-10-18-37)55(49-23-15-13-21-45(49)46-22-14-16-24-50(46)55)42-26-28-44(38-19-11-8-12-20-38)48(34-42)52-36-40(30-32-57-52)54(4,5)6;/h7-32,35-36H,1-6H3;/q-2;+2. The van der Waals surface area contributed by atoms with Crippen molar-refractivity contribution in [1.29, 1.82) is 0 Å². The first-order valence-corrected chi connectivity index (χ1v) is 19.9. The number of aromatic nitrogens is 2. The zero-order chi connectivity index (χ0) is 39.4. The minimum absolute atomic E-state index is 0. The van der Waals surface area contributed by atoms with Crippen molar-refractivity contribution < 1.29 is 21.1 Å². The van der Waals surface area contributed by atoms with Gasteiger partial charge in [-0.15, -0.1) is 58.7 Å². The molecule has 2 heterocycles. The van der Waals surface area contributed by atoms with Crippen LogP contribution in [0.4, 0.5) is 0 Å². The molecule has 2 aromatic heterocycles. The fraction of sp³-hybridized carbons (Fsp3) is 0.164. The smallest absolute Gasteiger partial charge is 0.305 e. The molecule has 0 amide bonds. The molecule has 0 saturated carbocycles. The minimum atomic E-state index is -0.746. The van der Waals surface area contributed by atoms with Crippen LogP contribution in [0, 0.1) is 12.1 Å². The summed E-state index contributed by atoms with van der Waals surface area (Å²) in [6.07, 6.45) is 3.89. The van der Waals surface area contributed by atoms with Gasteiger partial charge in [-0.25, -0.2) is 0 Å². The Balaban J connectivity index is 0.00000469. The van der Waals surface area contributed by atoms with Crippen LogP contribution in [0.15, 0.2) is 170 Å². The molecule has 0 N–H and O–H groups in total. The van der Waals surface area contributed by atoms with Crippen LogP contribution in [0.1, 0.15) is 74.9 Å². The van der Waals surface area contributed by atoms with E-state index >= 15 is 0 Å². The Hall–Kier alpha value is -5.69. The summed E-state index contributed by atoms with van der Waals surface area (Å²) in [6, 6.07) is 65.1. The molecule has 9 rings (SSSR count). The molecule has 0 spiro atoms. The van der Waals surface area contributed by atoms with Crippen LogP contribution in [-0.4, -0.2) is 9.97 Å². The molecule has 8 aromatic rings. The molecule has 0 unspecified atom stereocenters. The number of hydrogen-bond acceptors (Lipinski definition) is 2. The maximum atomic E-state index is 5.04. The fourth-order valence-corrected chi connectivity index (χ4v) is 8.57. The van der Waals surface area contributed by atoms with Crippen molar-refractivity contribution in [1.82, 2.24) is 9.97 Å². The van der Waals surface area contributed by atoms with E-state index in [4.69, 9.17) is 9.97 Å². The number of nitrogens with zero attached hydrogens (tertiary/aromatic N) is 2. The average molecular weight is 930 g/mol. The van der Waals surface area contributed by atoms with Gasteiger partial charge in [-0.1, -0.05) is 185 Å². The molecule has 58 heavy (non-hydrogen) atoms. The van der Waals surface area contributed by atoms with Crippen molar-refractivity contribution in [3.05, 3.63) is 216 Å². The summed E-state index contributed by atoms with van der Waals surface area (Å²) in [7, 11) is 0. The van der Waals surface area contributed by atoms with E-state index in [1.54, 1.807) is 0 Å². The summed E-state index contributed by atoms with van der Waals surface area (Å²) < 4.78 is 0. The van der Waals surface area contributed by atoms with Gasteiger partial charge in [0.05, 0.1) is 0 Å². The second kappa shape index (κ2) is 15.2. The molecule has 0 aliphatic heterocycles. The number of hydrogen-bond donors (Lipinski definition) is 0. The zero-order valence-electron chi connectivity index (χ0n) is 33.9. The maximum absolute atomic E-state index is 5.04. The third-order valence-corrected chi connectivity index (χ3v) is 11.6. The third kappa shape index (κ3) is 6.78. The predicted molar refractivity (Wildman–Crippen MR) is 236 cm³/mol. The molecule has 286 valence electrons. The van der Waals surface area contributed by atoms with Gasteiger partial charge in [-0.2, -0.15) is 0 Å². The van der Waals surface area contributed by atoms with E-state index in [0.717, 1.165) is 55.9 Å². The summed E-state index contributed by atoms with van der Waals surface area (Å²) >= 11 is 0. The van der Waals surface area contributed by atoms with E-state index in [-0.39, 0.29) is 31.9 Å². The van der Waals surface area contributed by atoms with Gasteiger partial charge in [0.1, 0.15) is 0 Å². The summed E-state index contributed by atoms with van der Waals surface area (Å²) in [5.74, 6) is 0. The summed E-state index contributed by atoms with van der Waals surface area (Å²) in [5, 5.41) is 0. The normalized spacial score (nSPS) is 13.0. The molecular weight excluding hydrogens is 884 g/mol. The molecular formula is C55H46N2Pt. The van der Waals surface area contributed by atoms with Crippen LogP contribution in [0.2, 0.25) is 0 Å². The monoisotopic (exact) mass is 929 g/mol. The van der Waals surface area contributed by atoms with Crippen LogP contribution >= 0.6 is 0 Å². The van der Waals surface area contributed by atoms with Crippen molar-refractivity contribution in [2.75, 3.05) is 0 Å². The molecule has 1 aliphatic rings. The number of fused-ring (bicyclic) bond motifs is 3. The number of benzene rings is 6. The first-order valence-electron chi connectivity index (χ1n) is 19.9. The molecule has 6 aromatic carbocycles. The largest absolute Gasteiger partial charge is 2.00 e. The number of pyridine rings is 2. The van der Waals surface area contributed by atoms with Gasteiger partial charge >= 0.3 is 21.1 Å². The molecule has 3 heteroatoms. The summed E-state index contributed by atoms with van der Waals surface area (Å²) in [6.45, 7) is 13.5. The Bertz CT molecular complexity index is 2560. The molecule has 0 radical (unpaired) electrons. The predicted octanol–water partition coefficient (Wildman–Crippen LogP) is 13.7. The SMILES string of the molecule is CC(C)(C)c1ccnc(-c2[c-]c(C3(c4[c-]c(-c5cc(C(C)(C)C)ccn5)c(-c5ccccc5)cc4)c4ccccc4-c4ccccc43)ccc2-c2ccccc2)c1.[Pt+2]. The second-order valence-electron chi connectivity index (χ2n) is 17.3. The van der Waals surface area contributed by atoms with Gasteiger partial charge in [0.25, 0.3) is 0 Å². The Kier molecular flexibility index (Phi) is 10.3. The zero-order valence-corrected chi connectivity index (χ0v) is 36.1. The molecule has 0 saturated heterocycles. The Morgan fingerprint density at radius 1 is 0.414 bits per heavy atom. The van der Waals surface area contributed by atoms with Crippen molar-refractivity contribution in [2.45, 2.75) is 57.8 Å². The van der Waals surface area contributed by atoms with E-state index < -0.39 is 5.41 Å². The fourth-order valence-electron chi connectivity index (χ4n) is 8.57. The van der Waals surface area contributed by atoms with Gasteiger partial charge in [0.2, 0.25) is 0 Å². The summed E-state index contributed by atoms with van der Waals surface area (Å²) in [5.41, 5.74) is 16.8. The maximum Gasteiger partial charge on any atom is 2.00 e. The van der Waals surface area contributed by atoms with Gasteiger partial charge in [0.15, 0.2) is 0 Å². The quantitative estimate of drug-likeness (QED) is 0.155. The Morgan fingerprint density at radius 3 is 1.19 bits per heavy atom. The van der Waals surface area contributed by atoms with Gasteiger partial charge in [0, 0.05) is 17.8 Å². The molecule has 0 fully saturated rings. The minimum Gasteiger partial charge on any atom is -0.305 e. The van der Waals surface area contributed by atoms with Crippen LogP contribution in [-0.2, 0) is 37.3 Å². The van der Waals surface area contributed by atoms with Crippen molar-refractivity contribution in [3.63, 3.8) is 0 Å².